The summed E-state index contributed by atoms with van der Waals surface area (Å²) in [7, 11) is 0. The number of Topliss-reactive ketones (excluding diaryl/α,β-unsaturated/α-hetero) is 1. The topological polar surface area (TPSA) is 81.8 Å². The second-order valence-corrected chi connectivity index (χ2v) is 9.06. The first-order valence-corrected chi connectivity index (χ1v) is 12.0. The van der Waals surface area contributed by atoms with Crippen LogP contribution in [0.15, 0.2) is 59.1 Å². The van der Waals surface area contributed by atoms with E-state index in [2.05, 4.69) is 15.6 Å². The zero-order chi connectivity index (χ0) is 22.7. The molecule has 3 heterocycles. The predicted octanol–water partition coefficient (Wildman–Crippen LogP) is 4.80. The van der Waals surface area contributed by atoms with Crippen LogP contribution in [0.4, 0.5) is 0 Å². The van der Waals surface area contributed by atoms with Gasteiger partial charge in [-0.05, 0) is 50.4 Å². The van der Waals surface area contributed by atoms with Crippen molar-refractivity contribution in [1.82, 2.24) is 19.4 Å². The summed E-state index contributed by atoms with van der Waals surface area (Å²) in [4.78, 5) is 26.6. The lowest BCUT2D eigenvalue weighted by molar-refractivity contribution is 0.0999. The largest absolute Gasteiger partial charge is 0.302 e. The van der Waals surface area contributed by atoms with Crippen molar-refractivity contribution in [2.45, 2.75) is 32.5 Å². The molecule has 0 aliphatic heterocycles. The van der Waals surface area contributed by atoms with Crippen LogP contribution in [0.25, 0.3) is 10.7 Å². The quantitative estimate of drug-likeness (QED) is 0.298. The molecule has 0 radical (unpaired) electrons. The predicted molar refractivity (Wildman–Crippen MR) is 128 cm³/mol. The Labute approximate surface area is 194 Å². The molecule has 0 aliphatic rings. The lowest BCUT2D eigenvalue weighted by atomic mass is 10.2. The number of benzene rings is 1. The van der Waals surface area contributed by atoms with Gasteiger partial charge >= 0.3 is 0 Å². The summed E-state index contributed by atoms with van der Waals surface area (Å²) in [5.41, 5.74) is 5.51. The van der Waals surface area contributed by atoms with Crippen molar-refractivity contribution in [3.05, 3.63) is 76.4 Å². The van der Waals surface area contributed by atoms with Gasteiger partial charge in [0.15, 0.2) is 16.8 Å². The zero-order valence-corrected chi connectivity index (χ0v) is 19.7. The molecule has 0 spiro atoms. The molecule has 0 atom stereocenters. The summed E-state index contributed by atoms with van der Waals surface area (Å²) in [6.07, 6.45) is 0. The maximum absolute atomic E-state index is 13.0. The Morgan fingerprint density at radius 1 is 1.09 bits per heavy atom. The Bertz CT molecular complexity index is 1240. The third-order valence-corrected chi connectivity index (χ3v) is 6.92. The van der Waals surface area contributed by atoms with E-state index in [1.165, 1.54) is 11.8 Å². The molecule has 0 aliphatic carbocycles. The average Bonchev–Trinajstić information content (AvgIpc) is 3.53. The second-order valence-electron chi connectivity index (χ2n) is 7.17. The molecule has 1 aromatic carbocycles. The second kappa shape index (κ2) is 9.54. The number of amides is 1. The molecule has 3 aromatic heterocycles. The minimum absolute atomic E-state index is 0.0216. The van der Waals surface area contributed by atoms with Gasteiger partial charge < -0.3 is 4.57 Å². The van der Waals surface area contributed by atoms with Crippen molar-refractivity contribution >= 4 is 34.8 Å². The van der Waals surface area contributed by atoms with Crippen LogP contribution in [0.5, 0.6) is 0 Å². The van der Waals surface area contributed by atoms with Crippen molar-refractivity contribution in [3.8, 4) is 10.7 Å². The van der Waals surface area contributed by atoms with Crippen LogP contribution in [-0.4, -0.2) is 36.9 Å². The van der Waals surface area contributed by atoms with Crippen molar-refractivity contribution in [2.75, 3.05) is 11.2 Å². The van der Waals surface area contributed by atoms with Crippen LogP contribution in [0.1, 0.15) is 39.0 Å². The zero-order valence-electron chi connectivity index (χ0n) is 18.0. The van der Waals surface area contributed by atoms with E-state index in [4.69, 9.17) is 0 Å². The van der Waals surface area contributed by atoms with Gasteiger partial charge in [-0.1, -0.05) is 36.0 Å². The first-order valence-electron chi connectivity index (χ1n) is 10.2. The SMILES string of the molecule is CCn1c(SCC(=O)c2cc(C)n(NC(=O)c3ccccc3)c2C)nnc1-c1cccs1. The van der Waals surface area contributed by atoms with Crippen LogP contribution >= 0.6 is 23.1 Å². The highest BCUT2D eigenvalue weighted by atomic mass is 32.2. The van der Waals surface area contributed by atoms with Crippen molar-refractivity contribution in [1.29, 1.82) is 0 Å². The Hall–Kier alpha value is -3.17. The van der Waals surface area contributed by atoms with Crippen LogP contribution in [0.3, 0.4) is 0 Å². The maximum Gasteiger partial charge on any atom is 0.270 e. The van der Waals surface area contributed by atoms with E-state index >= 15 is 0 Å². The van der Waals surface area contributed by atoms with Crippen LogP contribution in [0.2, 0.25) is 0 Å². The standard InChI is InChI=1S/C23H23N5O2S2/c1-4-27-21(20-11-8-12-31-20)24-25-23(27)32-14-19(29)18-13-15(2)28(16(18)3)26-22(30)17-9-6-5-7-10-17/h5-13H,4,14H2,1-3H3,(H,26,30). The Morgan fingerprint density at radius 3 is 2.56 bits per heavy atom. The summed E-state index contributed by atoms with van der Waals surface area (Å²) in [5, 5.41) is 11.3. The van der Waals surface area contributed by atoms with Crippen molar-refractivity contribution in [2.24, 2.45) is 0 Å². The fourth-order valence-electron chi connectivity index (χ4n) is 3.45. The Balaban J connectivity index is 1.48. The van der Waals surface area contributed by atoms with E-state index in [1.54, 1.807) is 28.1 Å². The van der Waals surface area contributed by atoms with E-state index in [9.17, 15) is 9.59 Å². The maximum atomic E-state index is 13.0. The van der Waals surface area contributed by atoms with Crippen molar-refractivity contribution in [3.63, 3.8) is 0 Å². The third-order valence-electron chi connectivity index (χ3n) is 5.09. The van der Waals surface area contributed by atoms with Gasteiger partial charge in [-0.2, -0.15) is 0 Å². The van der Waals surface area contributed by atoms with Gasteiger partial charge in [0.1, 0.15) is 0 Å². The van der Waals surface area contributed by atoms with E-state index in [1.807, 2.05) is 67.1 Å². The van der Waals surface area contributed by atoms with Gasteiger partial charge in [-0.25, -0.2) is 0 Å². The molecule has 1 N–H and O–H groups in total. The number of rotatable bonds is 8. The van der Waals surface area contributed by atoms with Crippen molar-refractivity contribution < 1.29 is 9.59 Å². The number of carbonyl (C=O) groups is 2. The number of ketones is 1. The number of nitrogens with zero attached hydrogens (tertiary/aromatic N) is 4. The average molecular weight is 466 g/mol. The number of thiophene rings is 1. The molecule has 0 saturated heterocycles. The summed E-state index contributed by atoms with van der Waals surface area (Å²) in [6.45, 7) is 6.45. The number of aryl methyl sites for hydroxylation is 1. The number of thioether (sulfide) groups is 1. The van der Waals surface area contributed by atoms with Gasteiger partial charge in [0.25, 0.3) is 5.91 Å². The molecule has 9 heteroatoms. The minimum atomic E-state index is -0.224. The smallest absolute Gasteiger partial charge is 0.270 e. The highest BCUT2D eigenvalue weighted by molar-refractivity contribution is 7.99. The summed E-state index contributed by atoms with van der Waals surface area (Å²) < 4.78 is 3.68. The van der Waals surface area contributed by atoms with E-state index in [0.29, 0.717) is 16.8 Å². The van der Waals surface area contributed by atoms with Gasteiger partial charge in [0.2, 0.25) is 0 Å². The molecule has 0 bridgehead atoms. The molecule has 4 rings (SSSR count). The van der Waals surface area contributed by atoms with Gasteiger partial charge in [0, 0.05) is 29.1 Å². The summed E-state index contributed by atoms with van der Waals surface area (Å²) in [6, 6.07) is 14.8. The molecular weight excluding hydrogens is 442 g/mol. The highest BCUT2D eigenvalue weighted by Gasteiger charge is 2.20. The molecule has 0 fully saturated rings. The van der Waals surface area contributed by atoms with Gasteiger partial charge in [-0.3, -0.25) is 19.7 Å². The number of hydrogen-bond acceptors (Lipinski definition) is 6. The van der Waals surface area contributed by atoms with Crippen LogP contribution < -0.4 is 5.43 Å². The molecule has 7 nitrogen and oxygen atoms in total. The number of nitrogens with one attached hydrogen (secondary N) is 1. The molecule has 32 heavy (non-hydrogen) atoms. The molecule has 0 unspecified atom stereocenters. The van der Waals surface area contributed by atoms with Crippen LogP contribution in [0, 0.1) is 13.8 Å². The lowest BCUT2D eigenvalue weighted by Crippen LogP contribution is -2.25. The fraction of sp³-hybridized carbons (Fsp3) is 0.217. The first-order chi connectivity index (χ1) is 15.5. The molecule has 0 saturated carbocycles. The Morgan fingerprint density at radius 2 is 1.88 bits per heavy atom. The number of hydrogen-bond donors (Lipinski definition) is 1. The number of aromatic nitrogens is 4. The number of carbonyl (C=O) groups excluding carboxylic acids is 2. The lowest BCUT2D eigenvalue weighted by Gasteiger charge is -2.11. The fourth-order valence-corrected chi connectivity index (χ4v) is 5.05. The van der Waals surface area contributed by atoms with Gasteiger partial charge in [-0.15, -0.1) is 21.5 Å². The van der Waals surface area contributed by atoms with E-state index in [-0.39, 0.29) is 17.4 Å². The van der Waals surface area contributed by atoms with Crippen LogP contribution in [-0.2, 0) is 6.54 Å². The highest BCUT2D eigenvalue weighted by Crippen LogP contribution is 2.28. The normalized spacial score (nSPS) is 11.0. The molecule has 4 aromatic rings. The molecular formula is C23H23N5O2S2. The summed E-state index contributed by atoms with van der Waals surface area (Å²) >= 11 is 2.99. The summed E-state index contributed by atoms with van der Waals surface area (Å²) in [5.74, 6) is 0.809. The first kappa shape index (κ1) is 22.0. The Kier molecular flexibility index (Phi) is 6.57. The minimum Gasteiger partial charge on any atom is -0.302 e. The van der Waals surface area contributed by atoms with Gasteiger partial charge in [0.05, 0.1) is 10.6 Å². The monoisotopic (exact) mass is 465 g/mol. The molecule has 1 amide bonds. The van der Waals surface area contributed by atoms with E-state index < -0.39 is 0 Å². The third kappa shape index (κ3) is 4.39. The van der Waals surface area contributed by atoms with E-state index in [0.717, 1.165) is 28.1 Å². The molecule has 164 valence electrons.